The predicted octanol–water partition coefficient (Wildman–Crippen LogP) is 2.50. The van der Waals surface area contributed by atoms with E-state index in [4.69, 9.17) is 5.73 Å². The van der Waals surface area contributed by atoms with Crippen LogP contribution < -0.4 is 11.1 Å². The number of nitrogens with one attached hydrogen (secondary N) is 1. The van der Waals surface area contributed by atoms with Crippen LogP contribution in [0.3, 0.4) is 0 Å². The maximum Gasteiger partial charge on any atom is 0.269 e. The van der Waals surface area contributed by atoms with Crippen molar-refractivity contribution in [1.29, 1.82) is 0 Å². The molecule has 2 rings (SSSR count). The third-order valence-corrected chi connectivity index (χ3v) is 2.78. The molecule has 0 spiro atoms. The minimum Gasteiger partial charge on any atom is -0.399 e. The van der Waals surface area contributed by atoms with Gasteiger partial charge in [-0.2, -0.15) is 0 Å². The quantitative estimate of drug-likeness (QED) is 0.513. The minimum atomic E-state index is -0.582. The topological polar surface area (TPSA) is 98.3 Å². The highest BCUT2D eigenvalue weighted by Gasteiger charge is 2.10. The van der Waals surface area contributed by atoms with Crippen molar-refractivity contribution in [3.63, 3.8) is 0 Å². The molecule has 7 heteroatoms. The van der Waals surface area contributed by atoms with Crippen LogP contribution in [-0.4, -0.2) is 10.8 Å². The van der Waals surface area contributed by atoms with Gasteiger partial charge in [0, 0.05) is 17.8 Å². The summed E-state index contributed by atoms with van der Waals surface area (Å²) in [6.45, 7) is 0. The number of anilines is 2. The van der Waals surface area contributed by atoms with E-state index in [9.17, 15) is 19.3 Å². The molecular formula is C14H12FN3O3. The number of nitrogens with two attached hydrogens (primary N) is 1. The van der Waals surface area contributed by atoms with Crippen molar-refractivity contribution >= 4 is 23.0 Å². The number of nitrogens with zero attached hydrogens (tertiary/aromatic N) is 1. The molecule has 0 aliphatic carbocycles. The van der Waals surface area contributed by atoms with Crippen molar-refractivity contribution in [2.75, 3.05) is 11.1 Å². The van der Waals surface area contributed by atoms with Crippen molar-refractivity contribution in [1.82, 2.24) is 0 Å². The fourth-order valence-electron chi connectivity index (χ4n) is 1.75. The molecular weight excluding hydrogens is 277 g/mol. The summed E-state index contributed by atoms with van der Waals surface area (Å²) in [5.74, 6) is -1.02. The molecule has 3 N–H and O–H groups in total. The van der Waals surface area contributed by atoms with Gasteiger partial charge in [-0.05, 0) is 23.8 Å². The lowest BCUT2D eigenvalue weighted by molar-refractivity contribution is -0.384. The summed E-state index contributed by atoms with van der Waals surface area (Å²) < 4.78 is 13.5. The fourth-order valence-corrected chi connectivity index (χ4v) is 1.75. The van der Waals surface area contributed by atoms with E-state index in [-0.39, 0.29) is 17.8 Å². The van der Waals surface area contributed by atoms with Gasteiger partial charge < -0.3 is 11.1 Å². The minimum absolute atomic E-state index is 0.00177. The van der Waals surface area contributed by atoms with Gasteiger partial charge in [0.15, 0.2) is 0 Å². The second-order valence-corrected chi connectivity index (χ2v) is 4.39. The van der Waals surface area contributed by atoms with E-state index in [0.717, 1.165) is 6.07 Å². The molecule has 2 aromatic carbocycles. The third-order valence-electron chi connectivity index (χ3n) is 2.78. The van der Waals surface area contributed by atoms with Gasteiger partial charge in [0.1, 0.15) is 5.82 Å². The molecule has 108 valence electrons. The summed E-state index contributed by atoms with van der Waals surface area (Å²) in [5, 5.41) is 12.9. The smallest absolute Gasteiger partial charge is 0.269 e. The van der Waals surface area contributed by atoms with Crippen molar-refractivity contribution in [2.24, 2.45) is 0 Å². The lowest BCUT2D eigenvalue weighted by Gasteiger charge is -2.07. The van der Waals surface area contributed by atoms with Gasteiger partial charge in [-0.15, -0.1) is 0 Å². The Bertz CT molecular complexity index is 686. The van der Waals surface area contributed by atoms with Gasteiger partial charge in [0.25, 0.3) is 5.69 Å². The molecule has 21 heavy (non-hydrogen) atoms. The molecule has 0 radical (unpaired) electrons. The Labute approximate surface area is 119 Å². The highest BCUT2D eigenvalue weighted by molar-refractivity contribution is 5.92. The largest absolute Gasteiger partial charge is 0.399 e. The van der Waals surface area contributed by atoms with E-state index >= 15 is 0 Å². The predicted molar refractivity (Wildman–Crippen MR) is 76.2 cm³/mol. The van der Waals surface area contributed by atoms with Gasteiger partial charge in [-0.25, -0.2) is 4.39 Å². The Balaban J connectivity index is 2.04. The van der Waals surface area contributed by atoms with Crippen LogP contribution in [0.15, 0.2) is 42.5 Å². The summed E-state index contributed by atoms with van der Waals surface area (Å²) in [6.07, 6.45) is -0.0216. The van der Waals surface area contributed by atoms with Crippen LogP contribution in [0, 0.1) is 15.9 Å². The summed E-state index contributed by atoms with van der Waals surface area (Å²) in [4.78, 5) is 21.8. The Morgan fingerprint density at radius 1 is 1.24 bits per heavy atom. The molecule has 0 atom stereocenters. The average Bonchev–Trinajstić information content (AvgIpc) is 2.43. The number of nitro groups is 1. The number of nitro benzene ring substituents is 1. The summed E-state index contributed by atoms with van der Waals surface area (Å²) in [5.41, 5.74) is 6.39. The summed E-state index contributed by atoms with van der Waals surface area (Å²) in [6, 6.07) is 9.45. The Morgan fingerprint density at radius 2 is 1.90 bits per heavy atom. The molecule has 6 nitrogen and oxygen atoms in total. The summed E-state index contributed by atoms with van der Waals surface area (Å²) >= 11 is 0. The molecule has 0 aliphatic heterocycles. The number of halogens is 1. The normalized spacial score (nSPS) is 10.1. The first-order valence-electron chi connectivity index (χ1n) is 6.04. The van der Waals surface area contributed by atoms with Crippen LogP contribution in [0.2, 0.25) is 0 Å². The highest BCUT2D eigenvalue weighted by Crippen LogP contribution is 2.18. The van der Waals surface area contributed by atoms with E-state index in [1.54, 1.807) is 0 Å². The van der Waals surface area contributed by atoms with Gasteiger partial charge >= 0.3 is 0 Å². The maximum absolute atomic E-state index is 13.5. The second kappa shape index (κ2) is 6.00. The first-order chi connectivity index (χ1) is 9.95. The van der Waals surface area contributed by atoms with E-state index in [1.807, 2.05) is 0 Å². The van der Waals surface area contributed by atoms with Crippen LogP contribution in [0.1, 0.15) is 5.56 Å². The third kappa shape index (κ3) is 3.75. The van der Waals surface area contributed by atoms with Gasteiger partial charge in [0.05, 0.1) is 17.0 Å². The first kappa shape index (κ1) is 14.4. The van der Waals surface area contributed by atoms with Crippen LogP contribution in [0.25, 0.3) is 0 Å². The zero-order valence-electron chi connectivity index (χ0n) is 10.9. The molecule has 0 saturated carbocycles. The number of carbonyl (C=O) groups is 1. The molecule has 0 saturated heterocycles. The molecule has 0 bridgehead atoms. The number of nitrogen functional groups attached to an aromatic ring is 1. The monoisotopic (exact) mass is 289 g/mol. The van der Waals surface area contributed by atoms with Gasteiger partial charge in [-0.3, -0.25) is 14.9 Å². The van der Waals surface area contributed by atoms with Crippen LogP contribution in [-0.2, 0) is 11.2 Å². The molecule has 1 amide bonds. The Morgan fingerprint density at radius 3 is 2.52 bits per heavy atom. The SMILES string of the molecule is Nc1ccc(F)c(NC(=O)Cc2ccc([N+](=O)[O-])cc2)c1. The average molecular weight is 289 g/mol. The van der Waals surface area contributed by atoms with Crippen molar-refractivity contribution in [2.45, 2.75) is 6.42 Å². The number of hydrogen-bond acceptors (Lipinski definition) is 4. The number of non-ortho nitro benzene ring substituents is 1. The van der Waals surface area contributed by atoms with Crippen molar-refractivity contribution in [3.05, 3.63) is 64.0 Å². The molecule has 0 heterocycles. The zero-order valence-corrected chi connectivity index (χ0v) is 10.9. The molecule has 0 aromatic heterocycles. The van der Waals surface area contributed by atoms with E-state index < -0.39 is 16.6 Å². The van der Waals surface area contributed by atoms with E-state index in [2.05, 4.69) is 5.32 Å². The molecule has 0 unspecified atom stereocenters. The fraction of sp³-hybridized carbons (Fsp3) is 0.0714. The molecule has 0 aliphatic rings. The Hall–Kier alpha value is -2.96. The van der Waals surface area contributed by atoms with Crippen LogP contribution in [0.5, 0.6) is 0 Å². The zero-order chi connectivity index (χ0) is 15.4. The molecule has 0 fully saturated rings. The maximum atomic E-state index is 13.5. The van der Waals surface area contributed by atoms with Crippen molar-refractivity contribution < 1.29 is 14.1 Å². The number of rotatable bonds is 4. The van der Waals surface area contributed by atoms with Crippen molar-refractivity contribution in [3.8, 4) is 0 Å². The van der Waals surface area contributed by atoms with E-state index in [1.165, 1.54) is 36.4 Å². The lowest BCUT2D eigenvalue weighted by Crippen LogP contribution is -2.15. The molecule has 2 aromatic rings. The van der Waals surface area contributed by atoms with Gasteiger partial charge in [0.2, 0.25) is 5.91 Å². The number of hydrogen-bond donors (Lipinski definition) is 2. The van der Waals surface area contributed by atoms with E-state index in [0.29, 0.717) is 11.3 Å². The number of carbonyl (C=O) groups excluding carboxylic acids is 1. The van der Waals surface area contributed by atoms with Crippen LogP contribution in [0.4, 0.5) is 21.5 Å². The van der Waals surface area contributed by atoms with Crippen LogP contribution >= 0.6 is 0 Å². The second-order valence-electron chi connectivity index (χ2n) is 4.39. The summed E-state index contributed by atoms with van der Waals surface area (Å²) in [7, 11) is 0. The first-order valence-corrected chi connectivity index (χ1v) is 6.04. The highest BCUT2D eigenvalue weighted by atomic mass is 19.1. The standard InChI is InChI=1S/C14H12FN3O3/c15-12-6-3-10(16)8-13(12)17-14(19)7-9-1-4-11(5-2-9)18(20)21/h1-6,8H,7,16H2,(H,17,19). The number of benzene rings is 2. The Kier molecular flexibility index (Phi) is 4.13. The van der Waals surface area contributed by atoms with Gasteiger partial charge in [-0.1, -0.05) is 12.1 Å². The lowest BCUT2D eigenvalue weighted by atomic mass is 10.1. The number of amides is 1.